The summed E-state index contributed by atoms with van der Waals surface area (Å²) in [6.45, 7) is 3.39. The SMILES string of the molecule is C[C@H]1CCc2c1cc1c(c2NC(=O)N=S(N)(=O)c2cnn3c2OCCC3)CCC1. The Balaban J connectivity index is 1.50. The van der Waals surface area contributed by atoms with Crippen molar-refractivity contribution >= 4 is 21.6 Å². The fourth-order valence-corrected chi connectivity index (χ4v) is 5.74. The predicted octanol–water partition coefficient (Wildman–Crippen LogP) is 3.14. The Bertz CT molecular complexity index is 1130. The molecule has 3 N–H and O–H groups in total. The molecular formula is C20H25N5O3S. The van der Waals surface area contributed by atoms with Gasteiger partial charge in [0.2, 0.25) is 5.88 Å². The zero-order chi connectivity index (χ0) is 20.2. The Morgan fingerprint density at radius 2 is 2.21 bits per heavy atom. The molecule has 2 heterocycles. The van der Waals surface area contributed by atoms with Gasteiger partial charge in [-0.2, -0.15) is 5.10 Å². The minimum absolute atomic E-state index is 0.171. The summed E-state index contributed by atoms with van der Waals surface area (Å²) >= 11 is 0. The largest absolute Gasteiger partial charge is 0.477 e. The molecule has 3 aliphatic rings. The molecule has 1 aromatic heterocycles. The maximum Gasteiger partial charge on any atom is 0.354 e. The number of hydrogen-bond acceptors (Lipinski definition) is 4. The summed E-state index contributed by atoms with van der Waals surface area (Å²) in [6.07, 6.45) is 7.27. The Labute approximate surface area is 170 Å². The molecule has 8 nitrogen and oxygen atoms in total. The van der Waals surface area contributed by atoms with E-state index < -0.39 is 15.9 Å². The van der Waals surface area contributed by atoms with E-state index in [-0.39, 0.29) is 4.90 Å². The van der Waals surface area contributed by atoms with Crippen LogP contribution < -0.4 is 15.2 Å². The van der Waals surface area contributed by atoms with Crippen molar-refractivity contribution in [2.45, 2.75) is 62.8 Å². The van der Waals surface area contributed by atoms with Crippen molar-refractivity contribution in [3.05, 3.63) is 34.5 Å². The summed E-state index contributed by atoms with van der Waals surface area (Å²) in [5, 5.41) is 13.1. The Morgan fingerprint density at radius 1 is 1.34 bits per heavy atom. The molecule has 0 radical (unpaired) electrons. The maximum atomic E-state index is 13.1. The number of rotatable bonds is 2. The number of aromatic nitrogens is 2. The van der Waals surface area contributed by atoms with Gasteiger partial charge in [-0.1, -0.05) is 13.0 Å². The fourth-order valence-electron chi connectivity index (χ4n) is 4.74. The molecule has 2 aliphatic carbocycles. The topological polar surface area (TPSA) is 112 Å². The second kappa shape index (κ2) is 6.84. The minimum atomic E-state index is -3.46. The maximum absolute atomic E-state index is 13.1. The Morgan fingerprint density at radius 3 is 3.07 bits per heavy atom. The van der Waals surface area contributed by atoms with Gasteiger partial charge in [-0.25, -0.2) is 18.8 Å². The van der Waals surface area contributed by atoms with Crippen LogP contribution >= 0.6 is 0 Å². The number of fused-ring (bicyclic) bond motifs is 3. The van der Waals surface area contributed by atoms with Gasteiger partial charge in [0.1, 0.15) is 4.90 Å². The highest BCUT2D eigenvalue weighted by Gasteiger charge is 2.29. The van der Waals surface area contributed by atoms with Crippen molar-refractivity contribution in [2.24, 2.45) is 9.50 Å². The van der Waals surface area contributed by atoms with Gasteiger partial charge in [0.05, 0.1) is 12.8 Å². The first-order chi connectivity index (χ1) is 13.9. The number of carbonyl (C=O) groups is 1. The van der Waals surface area contributed by atoms with Gasteiger partial charge in [0.25, 0.3) is 0 Å². The van der Waals surface area contributed by atoms with Crippen LogP contribution in [-0.4, -0.2) is 26.6 Å². The molecule has 2 aromatic rings. The van der Waals surface area contributed by atoms with Crippen molar-refractivity contribution in [1.82, 2.24) is 9.78 Å². The van der Waals surface area contributed by atoms with Gasteiger partial charge in [-0.05, 0) is 60.3 Å². The highest BCUT2D eigenvalue weighted by Crippen LogP contribution is 2.43. The number of ether oxygens (including phenoxy) is 1. The van der Waals surface area contributed by atoms with E-state index in [2.05, 4.69) is 27.8 Å². The van der Waals surface area contributed by atoms with Crippen LogP contribution in [0.25, 0.3) is 0 Å². The molecule has 0 bridgehead atoms. The van der Waals surface area contributed by atoms with E-state index in [1.807, 2.05) is 0 Å². The number of nitrogens with one attached hydrogen (secondary N) is 1. The molecule has 2 atom stereocenters. The molecule has 0 spiro atoms. The lowest BCUT2D eigenvalue weighted by Crippen LogP contribution is -2.21. The second-order valence-corrected chi connectivity index (χ2v) is 9.84. The zero-order valence-electron chi connectivity index (χ0n) is 16.4. The van der Waals surface area contributed by atoms with E-state index in [0.29, 0.717) is 24.9 Å². The number of anilines is 1. The van der Waals surface area contributed by atoms with Gasteiger partial charge in [0.15, 0.2) is 9.92 Å². The van der Waals surface area contributed by atoms with Crippen molar-refractivity contribution in [3.63, 3.8) is 0 Å². The number of carbonyl (C=O) groups excluding carboxylic acids is 1. The van der Waals surface area contributed by atoms with Crippen molar-refractivity contribution in [1.29, 1.82) is 0 Å². The number of amides is 2. The zero-order valence-corrected chi connectivity index (χ0v) is 17.3. The second-order valence-electron chi connectivity index (χ2n) is 8.08. The van der Waals surface area contributed by atoms with Gasteiger partial charge >= 0.3 is 6.03 Å². The van der Waals surface area contributed by atoms with Crippen LogP contribution in [0.2, 0.25) is 0 Å². The Kier molecular flexibility index (Phi) is 4.40. The summed E-state index contributed by atoms with van der Waals surface area (Å²) < 4.78 is 24.1. The number of aryl methyl sites for hydroxylation is 2. The van der Waals surface area contributed by atoms with Crippen LogP contribution in [0.4, 0.5) is 10.5 Å². The predicted molar refractivity (Wildman–Crippen MR) is 110 cm³/mol. The molecule has 0 saturated carbocycles. The lowest BCUT2D eigenvalue weighted by Gasteiger charge is -2.17. The number of benzene rings is 1. The lowest BCUT2D eigenvalue weighted by molar-refractivity contribution is 0.224. The first kappa shape index (κ1) is 18.6. The Hall–Kier alpha value is -2.39. The molecule has 1 unspecified atom stereocenters. The summed E-state index contributed by atoms with van der Waals surface area (Å²) in [5.41, 5.74) is 5.86. The van der Waals surface area contributed by atoms with E-state index in [4.69, 9.17) is 9.88 Å². The average molecular weight is 416 g/mol. The molecule has 1 aliphatic heterocycles. The van der Waals surface area contributed by atoms with E-state index in [9.17, 15) is 9.00 Å². The standard InChI is InChI=1S/C20H25N5O3S/c1-12-6-7-15-16(12)10-13-4-2-5-14(13)18(15)23-20(26)24-29(21,27)17-11-22-25-8-3-9-28-19(17)25/h10-12H,2-9H2,1H3,(H3,21,23,24,26,27)/t12-,29?/m0/s1. The average Bonchev–Trinajstić information content (AvgIpc) is 3.40. The normalized spacial score (nSPS) is 21.5. The van der Waals surface area contributed by atoms with Gasteiger partial charge in [-0.3, -0.25) is 0 Å². The van der Waals surface area contributed by atoms with E-state index >= 15 is 0 Å². The number of urea groups is 1. The lowest BCUT2D eigenvalue weighted by atomic mass is 9.96. The van der Waals surface area contributed by atoms with Crippen LogP contribution in [0.5, 0.6) is 5.88 Å². The van der Waals surface area contributed by atoms with Gasteiger partial charge in [-0.15, -0.1) is 4.36 Å². The molecule has 2 amide bonds. The summed E-state index contributed by atoms with van der Waals surface area (Å²) in [7, 11) is -3.46. The van der Waals surface area contributed by atoms with Gasteiger partial charge in [0, 0.05) is 18.7 Å². The van der Waals surface area contributed by atoms with E-state index in [0.717, 1.165) is 44.2 Å². The minimum Gasteiger partial charge on any atom is -0.477 e. The van der Waals surface area contributed by atoms with Crippen LogP contribution in [0.3, 0.4) is 0 Å². The molecule has 5 rings (SSSR count). The quantitative estimate of drug-likeness (QED) is 0.785. The highest BCUT2D eigenvalue weighted by atomic mass is 32.2. The monoisotopic (exact) mass is 415 g/mol. The third-order valence-corrected chi connectivity index (χ3v) is 7.53. The summed E-state index contributed by atoms with van der Waals surface area (Å²) in [5.74, 6) is 0.828. The van der Waals surface area contributed by atoms with Crippen molar-refractivity contribution in [3.8, 4) is 5.88 Å². The molecule has 29 heavy (non-hydrogen) atoms. The molecular weight excluding hydrogens is 390 g/mol. The van der Waals surface area contributed by atoms with Gasteiger partial charge < -0.3 is 10.1 Å². The fraction of sp³-hybridized carbons (Fsp3) is 0.500. The first-order valence-electron chi connectivity index (χ1n) is 10.2. The van der Waals surface area contributed by atoms with Crippen LogP contribution in [-0.2, 0) is 35.7 Å². The third-order valence-electron chi connectivity index (χ3n) is 6.18. The summed E-state index contributed by atoms with van der Waals surface area (Å²) in [4.78, 5) is 12.9. The van der Waals surface area contributed by atoms with Crippen LogP contribution in [0, 0.1) is 0 Å². The van der Waals surface area contributed by atoms with Crippen LogP contribution in [0.15, 0.2) is 21.5 Å². The van der Waals surface area contributed by atoms with E-state index in [1.54, 1.807) is 4.68 Å². The molecule has 0 fully saturated rings. The first-order valence-corrected chi connectivity index (χ1v) is 11.7. The number of nitrogens with zero attached hydrogens (tertiary/aromatic N) is 3. The smallest absolute Gasteiger partial charge is 0.354 e. The number of nitrogens with two attached hydrogens (primary N) is 1. The summed E-state index contributed by atoms with van der Waals surface area (Å²) in [6, 6.07) is 1.63. The molecule has 154 valence electrons. The molecule has 1 aromatic carbocycles. The third kappa shape index (κ3) is 3.12. The van der Waals surface area contributed by atoms with Crippen molar-refractivity contribution in [2.75, 3.05) is 11.9 Å². The molecule has 9 heteroatoms. The van der Waals surface area contributed by atoms with Crippen LogP contribution in [0.1, 0.15) is 54.4 Å². The number of hydrogen-bond donors (Lipinski definition) is 2. The highest BCUT2D eigenvalue weighted by molar-refractivity contribution is 7.91. The van der Waals surface area contributed by atoms with E-state index in [1.165, 1.54) is 28.5 Å². The molecule has 0 saturated heterocycles. The van der Waals surface area contributed by atoms with Crippen molar-refractivity contribution < 1.29 is 13.7 Å².